The molecule has 0 saturated heterocycles. The molecular weight excluding hydrogens is 366 g/mol. The number of anilines is 1. The number of aromatic hydroxyl groups is 4. The van der Waals surface area contributed by atoms with E-state index in [1.807, 2.05) is 0 Å². The lowest BCUT2D eigenvalue weighted by Gasteiger charge is -2.05. The van der Waals surface area contributed by atoms with Crippen LogP contribution >= 0.6 is 0 Å². The van der Waals surface area contributed by atoms with Crippen molar-refractivity contribution in [3.8, 4) is 23.0 Å². The number of phenolic OH excluding ortho intramolecular Hbond substituents is 3. The third-order valence-electron chi connectivity index (χ3n) is 3.63. The van der Waals surface area contributed by atoms with Gasteiger partial charge in [-0.05, 0) is 36.4 Å². The molecule has 3 rings (SSSR count). The van der Waals surface area contributed by atoms with E-state index in [9.17, 15) is 19.8 Å². The number of para-hydroxylation sites is 1. The van der Waals surface area contributed by atoms with Crippen LogP contribution in [0.2, 0.25) is 0 Å². The van der Waals surface area contributed by atoms with Gasteiger partial charge in [-0.3, -0.25) is 4.79 Å². The Morgan fingerprint density at radius 2 is 1.25 bits per heavy atom. The highest BCUT2D eigenvalue weighted by Gasteiger charge is 2.16. The Labute approximate surface area is 159 Å². The zero-order valence-corrected chi connectivity index (χ0v) is 14.4. The van der Waals surface area contributed by atoms with Crippen molar-refractivity contribution in [3.05, 3.63) is 77.4 Å². The van der Waals surface area contributed by atoms with Crippen molar-refractivity contribution < 1.29 is 35.1 Å². The third-order valence-corrected chi connectivity index (χ3v) is 3.63. The van der Waals surface area contributed by atoms with Crippen LogP contribution in [0.15, 0.2) is 60.7 Å². The van der Waals surface area contributed by atoms with Crippen molar-refractivity contribution in [3.63, 3.8) is 0 Å². The standard InChI is InChI=1S/C13H10O4.C7H7NO3/c14-8-5-6-10(12(16)7-8)13(17)9-3-1-2-4-11(9)15;8-4-1-2-5(7(10)11)6(9)3-4/h1-7,14-16H;1-3,9H,8H2,(H,10,11). The minimum absolute atomic E-state index is 0.0318. The van der Waals surface area contributed by atoms with E-state index in [2.05, 4.69) is 0 Å². The number of nitrogens with two attached hydrogens (primary N) is 1. The highest BCUT2D eigenvalue weighted by atomic mass is 16.4. The van der Waals surface area contributed by atoms with Crippen molar-refractivity contribution in [2.45, 2.75) is 0 Å². The van der Waals surface area contributed by atoms with E-state index in [1.54, 1.807) is 12.1 Å². The fourth-order valence-corrected chi connectivity index (χ4v) is 2.25. The van der Waals surface area contributed by atoms with Crippen LogP contribution in [-0.2, 0) is 0 Å². The number of carboxylic acid groups (broad SMARTS) is 1. The van der Waals surface area contributed by atoms with Gasteiger partial charge in [-0.15, -0.1) is 0 Å². The number of benzene rings is 3. The maximum absolute atomic E-state index is 12.0. The monoisotopic (exact) mass is 383 g/mol. The molecule has 3 aromatic rings. The van der Waals surface area contributed by atoms with Crippen molar-refractivity contribution in [2.75, 3.05) is 5.73 Å². The number of rotatable bonds is 3. The molecule has 144 valence electrons. The van der Waals surface area contributed by atoms with Gasteiger partial charge in [0.05, 0.1) is 11.1 Å². The van der Waals surface area contributed by atoms with E-state index < -0.39 is 11.8 Å². The number of ketones is 1. The Hall–Kier alpha value is -4.20. The summed E-state index contributed by atoms with van der Waals surface area (Å²) in [6, 6.07) is 13.6. The Kier molecular flexibility index (Phi) is 6.07. The second-order valence-electron chi connectivity index (χ2n) is 5.63. The molecule has 0 saturated carbocycles. The van der Waals surface area contributed by atoms with Crippen molar-refractivity contribution >= 4 is 17.4 Å². The summed E-state index contributed by atoms with van der Waals surface area (Å²) >= 11 is 0. The van der Waals surface area contributed by atoms with Gasteiger partial charge in [0.1, 0.15) is 28.6 Å². The van der Waals surface area contributed by atoms with Crippen molar-refractivity contribution in [2.24, 2.45) is 0 Å². The molecule has 7 N–H and O–H groups in total. The molecule has 0 amide bonds. The van der Waals surface area contributed by atoms with Crippen LogP contribution in [0.25, 0.3) is 0 Å². The fourth-order valence-electron chi connectivity index (χ4n) is 2.25. The van der Waals surface area contributed by atoms with Crippen LogP contribution in [0.4, 0.5) is 5.69 Å². The van der Waals surface area contributed by atoms with E-state index in [0.29, 0.717) is 5.69 Å². The number of nitrogen functional groups attached to an aromatic ring is 1. The van der Waals surface area contributed by atoms with Gasteiger partial charge in [0.2, 0.25) is 0 Å². The third kappa shape index (κ3) is 4.70. The van der Waals surface area contributed by atoms with Gasteiger partial charge in [0.25, 0.3) is 0 Å². The molecule has 3 aromatic carbocycles. The second kappa shape index (κ2) is 8.45. The van der Waals surface area contributed by atoms with Gasteiger partial charge >= 0.3 is 5.97 Å². The predicted octanol–water partition coefficient (Wildman–Crippen LogP) is 2.71. The first kappa shape index (κ1) is 20.1. The molecule has 8 heteroatoms. The van der Waals surface area contributed by atoms with E-state index in [-0.39, 0.29) is 39.7 Å². The van der Waals surface area contributed by atoms with Crippen LogP contribution in [0.5, 0.6) is 23.0 Å². The molecule has 0 aliphatic rings. The maximum Gasteiger partial charge on any atom is 0.339 e. The van der Waals surface area contributed by atoms with Gasteiger partial charge in [-0.1, -0.05) is 12.1 Å². The maximum atomic E-state index is 12.0. The first-order chi connectivity index (χ1) is 13.2. The molecule has 0 aliphatic carbocycles. The van der Waals surface area contributed by atoms with E-state index >= 15 is 0 Å². The quantitative estimate of drug-likeness (QED) is 0.297. The van der Waals surface area contributed by atoms with Gasteiger partial charge in [-0.25, -0.2) is 4.79 Å². The van der Waals surface area contributed by atoms with Gasteiger partial charge in [0, 0.05) is 17.8 Å². The Morgan fingerprint density at radius 1 is 0.679 bits per heavy atom. The Bertz CT molecular complexity index is 1030. The number of carboxylic acids is 1. The summed E-state index contributed by atoms with van der Waals surface area (Å²) in [7, 11) is 0. The molecular formula is C20H17NO7. The van der Waals surface area contributed by atoms with Crippen LogP contribution in [0.3, 0.4) is 0 Å². The molecule has 0 bridgehead atoms. The molecule has 0 aliphatic heterocycles. The van der Waals surface area contributed by atoms with Crippen molar-refractivity contribution in [1.29, 1.82) is 0 Å². The summed E-state index contributed by atoms with van der Waals surface area (Å²) in [5, 5.41) is 45.7. The minimum Gasteiger partial charge on any atom is -0.508 e. The molecule has 0 atom stereocenters. The van der Waals surface area contributed by atoms with Crippen LogP contribution in [0.1, 0.15) is 26.3 Å². The van der Waals surface area contributed by atoms with Gasteiger partial charge < -0.3 is 31.3 Å². The topological polar surface area (TPSA) is 161 Å². The lowest BCUT2D eigenvalue weighted by molar-refractivity contribution is 0.0693. The molecule has 0 unspecified atom stereocenters. The SMILES string of the molecule is Nc1ccc(C(=O)O)c(O)c1.O=C(c1ccccc1O)c1ccc(O)cc1O. The molecule has 0 fully saturated rings. The summed E-state index contributed by atoms with van der Waals surface area (Å²) in [5.74, 6) is -2.57. The lowest BCUT2D eigenvalue weighted by atomic mass is 10.0. The average molecular weight is 383 g/mol. The number of hydrogen-bond donors (Lipinski definition) is 6. The summed E-state index contributed by atoms with van der Waals surface area (Å²) in [4.78, 5) is 22.3. The molecule has 0 heterocycles. The van der Waals surface area contributed by atoms with Gasteiger partial charge in [0.15, 0.2) is 5.78 Å². The van der Waals surface area contributed by atoms with Crippen molar-refractivity contribution in [1.82, 2.24) is 0 Å². The number of aromatic carboxylic acids is 1. The molecule has 0 spiro atoms. The lowest BCUT2D eigenvalue weighted by Crippen LogP contribution is -2.01. The molecule has 0 radical (unpaired) electrons. The smallest absolute Gasteiger partial charge is 0.339 e. The van der Waals surface area contributed by atoms with Crippen LogP contribution in [-0.4, -0.2) is 37.3 Å². The van der Waals surface area contributed by atoms with Crippen LogP contribution in [0, 0.1) is 0 Å². The van der Waals surface area contributed by atoms with Crippen LogP contribution < -0.4 is 5.73 Å². The molecule has 0 aromatic heterocycles. The van der Waals surface area contributed by atoms with E-state index in [4.69, 9.17) is 21.1 Å². The fraction of sp³-hybridized carbons (Fsp3) is 0. The summed E-state index contributed by atoms with van der Waals surface area (Å²) in [5.41, 5.74) is 5.61. The Morgan fingerprint density at radius 3 is 1.82 bits per heavy atom. The number of hydrogen-bond acceptors (Lipinski definition) is 7. The highest BCUT2D eigenvalue weighted by Crippen LogP contribution is 2.27. The predicted molar refractivity (Wildman–Crippen MR) is 101 cm³/mol. The minimum atomic E-state index is -1.16. The first-order valence-corrected chi connectivity index (χ1v) is 7.87. The highest BCUT2D eigenvalue weighted by molar-refractivity contribution is 6.12. The second-order valence-corrected chi connectivity index (χ2v) is 5.63. The average Bonchev–Trinajstić information content (AvgIpc) is 2.62. The first-order valence-electron chi connectivity index (χ1n) is 7.87. The zero-order valence-electron chi connectivity index (χ0n) is 14.4. The number of carbonyl (C=O) groups excluding carboxylic acids is 1. The Balaban J connectivity index is 0.000000221. The number of carbonyl (C=O) groups is 2. The van der Waals surface area contributed by atoms with E-state index in [1.165, 1.54) is 42.5 Å². The number of phenols is 4. The molecule has 8 nitrogen and oxygen atoms in total. The summed E-state index contributed by atoms with van der Waals surface area (Å²) < 4.78 is 0. The largest absolute Gasteiger partial charge is 0.508 e. The van der Waals surface area contributed by atoms with E-state index in [0.717, 1.165) is 6.07 Å². The normalized spacial score (nSPS) is 9.86. The zero-order chi connectivity index (χ0) is 20.8. The van der Waals surface area contributed by atoms with Gasteiger partial charge in [-0.2, -0.15) is 0 Å². The summed E-state index contributed by atoms with van der Waals surface area (Å²) in [6.07, 6.45) is 0. The summed E-state index contributed by atoms with van der Waals surface area (Å²) in [6.45, 7) is 0. The molecule has 28 heavy (non-hydrogen) atoms.